The Morgan fingerprint density at radius 1 is 1.13 bits per heavy atom. The van der Waals surface area contributed by atoms with Gasteiger partial charge in [0.2, 0.25) is 0 Å². The minimum absolute atomic E-state index is 0.179. The summed E-state index contributed by atoms with van der Waals surface area (Å²) in [5.41, 5.74) is -0.183. The van der Waals surface area contributed by atoms with Crippen LogP contribution in [0.1, 0.15) is 31.2 Å². The van der Waals surface area contributed by atoms with Gasteiger partial charge >= 0.3 is 0 Å². The van der Waals surface area contributed by atoms with Crippen molar-refractivity contribution in [1.82, 2.24) is 0 Å². The van der Waals surface area contributed by atoms with Crippen LogP contribution in [0.25, 0.3) is 0 Å². The Hall–Kier alpha value is -0.860. The van der Waals surface area contributed by atoms with E-state index in [1.807, 2.05) is 30.3 Å². The summed E-state index contributed by atoms with van der Waals surface area (Å²) >= 11 is 0. The van der Waals surface area contributed by atoms with E-state index in [1.165, 1.54) is 12.8 Å². The summed E-state index contributed by atoms with van der Waals surface area (Å²) in [6, 6.07) is 9.54. The molecule has 1 fully saturated rings. The molecule has 1 atom stereocenters. The molecule has 1 unspecified atom stereocenters. The number of aliphatic hydroxyl groups is 2. The lowest BCUT2D eigenvalue weighted by atomic mass is 9.81. The molecule has 0 saturated heterocycles. The molecule has 0 aromatic heterocycles. The van der Waals surface area contributed by atoms with E-state index in [1.54, 1.807) is 0 Å². The van der Waals surface area contributed by atoms with Crippen LogP contribution in [0.15, 0.2) is 30.3 Å². The van der Waals surface area contributed by atoms with Gasteiger partial charge in [-0.1, -0.05) is 43.2 Å². The van der Waals surface area contributed by atoms with Crippen LogP contribution in [0.3, 0.4) is 0 Å². The van der Waals surface area contributed by atoms with Crippen molar-refractivity contribution in [2.45, 2.75) is 31.3 Å². The average Bonchev–Trinajstić information content (AvgIpc) is 2.83. The Kier molecular flexibility index (Phi) is 3.08. The first-order valence-electron chi connectivity index (χ1n) is 5.66. The molecule has 2 nitrogen and oxygen atoms in total. The number of aliphatic hydroxyl groups excluding tert-OH is 1. The van der Waals surface area contributed by atoms with Crippen LogP contribution in [0.5, 0.6) is 0 Å². The maximum absolute atomic E-state index is 10.5. The van der Waals surface area contributed by atoms with Crippen molar-refractivity contribution < 1.29 is 10.2 Å². The average molecular weight is 206 g/mol. The zero-order valence-corrected chi connectivity index (χ0v) is 8.89. The number of rotatable bonds is 3. The van der Waals surface area contributed by atoms with Gasteiger partial charge in [-0.05, 0) is 24.3 Å². The fourth-order valence-electron chi connectivity index (χ4n) is 2.59. The predicted octanol–water partition coefficient (Wildman–Crippen LogP) is 2.06. The van der Waals surface area contributed by atoms with Gasteiger partial charge < -0.3 is 10.2 Å². The SMILES string of the molecule is OCC(O)(c1ccccc1)C1CCCC1. The smallest absolute Gasteiger partial charge is 0.115 e. The van der Waals surface area contributed by atoms with E-state index in [4.69, 9.17) is 0 Å². The Balaban J connectivity index is 2.28. The van der Waals surface area contributed by atoms with E-state index in [9.17, 15) is 10.2 Å². The van der Waals surface area contributed by atoms with Crippen LogP contribution in [0.2, 0.25) is 0 Å². The lowest BCUT2D eigenvalue weighted by Crippen LogP contribution is -2.37. The van der Waals surface area contributed by atoms with E-state index < -0.39 is 5.60 Å². The molecule has 15 heavy (non-hydrogen) atoms. The van der Waals surface area contributed by atoms with E-state index >= 15 is 0 Å². The Morgan fingerprint density at radius 2 is 1.73 bits per heavy atom. The van der Waals surface area contributed by atoms with Crippen molar-refractivity contribution in [1.29, 1.82) is 0 Å². The van der Waals surface area contributed by atoms with Gasteiger partial charge in [0.05, 0.1) is 6.61 Å². The first-order valence-corrected chi connectivity index (χ1v) is 5.66. The fourth-order valence-corrected chi connectivity index (χ4v) is 2.59. The maximum atomic E-state index is 10.5. The molecule has 0 aliphatic heterocycles. The summed E-state index contributed by atoms with van der Waals surface area (Å²) in [6.45, 7) is -0.179. The molecule has 0 amide bonds. The molecule has 1 aliphatic rings. The van der Waals surface area contributed by atoms with Crippen molar-refractivity contribution in [2.24, 2.45) is 5.92 Å². The molecular formula is C13H18O2. The van der Waals surface area contributed by atoms with Gasteiger partial charge in [0.25, 0.3) is 0 Å². The second-order valence-electron chi connectivity index (χ2n) is 4.43. The number of hydrogen-bond donors (Lipinski definition) is 2. The lowest BCUT2D eigenvalue weighted by Gasteiger charge is -2.32. The molecule has 1 aromatic carbocycles. The van der Waals surface area contributed by atoms with Crippen molar-refractivity contribution >= 4 is 0 Å². The Morgan fingerprint density at radius 3 is 2.27 bits per heavy atom. The minimum Gasteiger partial charge on any atom is -0.393 e. The van der Waals surface area contributed by atoms with Gasteiger partial charge in [-0.15, -0.1) is 0 Å². The van der Waals surface area contributed by atoms with Crippen LogP contribution in [0, 0.1) is 5.92 Å². The van der Waals surface area contributed by atoms with Crippen molar-refractivity contribution in [3.8, 4) is 0 Å². The van der Waals surface area contributed by atoms with Crippen LogP contribution < -0.4 is 0 Å². The van der Waals surface area contributed by atoms with Gasteiger partial charge in [0.1, 0.15) is 5.60 Å². The van der Waals surface area contributed by atoms with Gasteiger partial charge in [0, 0.05) is 0 Å². The van der Waals surface area contributed by atoms with E-state index in [0.717, 1.165) is 18.4 Å². The minimum atomic E-state index is -1.03. The van der Waals surface area contributed by atoms with Crippen molar-refractivity contribution in [2.75, 3.05) is 6.61 Å². The molecule has 2 N–H and O–H groups in total. The van der Waals surface area contributed by atoms with Crippen molar-refractivity contribution in [3.63, 3.8) is 0 Å². The highest BCUT2D eigenvalue weighted by Gasteiger charge is 2.39. The van der Waals surface area contributed by atoms with Gasteiger partial charge in [-0.3, -0.25) is 0 Å². The standard InChI is InChI=1S/C13H18O2/c14-10-13(15,12-8-4-5-9-12)11-6-2-1-3-7-11/h1-3,6-7,12,14-15H,4-5,8-10H2. The highest BCUT2D eigenvalue weighted by atomic mass is 16.3. The fraction of sp³-hybridized carbons (Fsp3) is 0.538. The summed E-state index contributed by atoms with van der Waals surface area (Å²) in [5.74, 6) is 0.213. The molecule has 1 aliphatic carbocycles. The molecule has 82 valence electrons. The molecule has 2 rings (SSSR count). The third kappa shape index (κ3) is 1.92. The summed E-state index contributed by atoms with van der Waals surface area (Å²) in [6.07, 6.45) is 4.37. The molecule has 2 heteroatoms. The monoisotopic (exact) mass is 206 g/mol. The van der Waals surface area contributed by atoms with Crippen molar-refractivity contribution in [3.05, 3.63) is 35.9 Å². The molecule has 1 aromatic rings. The zero-order valence-electron chi connectivity index (χ0n) is 8.89. The van der Waals surface area contributed by atoms with E-state index in [2.05, 4.69) is 0 Å². The predicted molar refractivity (Wildman–Crippen MR) is 59.4 cm³/mol. The summed E-state index contributed by atoms with van der Waals surface area (Å²) in [5, 5.41) is 20.0. The second kappa shape index (κ2) is 4.33. The third-order valence-electron chi connectivity index (χ3n) is 3.55. The van der Waals surface area contributed by atoms with Gasteiger partial charge in [0.15, 0.2) is 0 Å². The quantitative estimate of drug-likeness (QED) is 0.794. The summed E-state index contributed by atoms with van der Waals surface area (Å²) < 4.78 is 0. The molecule has 0 heterocycles. The normalized spacial score (nSPS) is 21.5. The number of hydrogen-bond acceptors (Lipinski definition) is 2. The van der Waals surface area contributed by atoms with Crippen LogP contribution in [-0.4, -0.2) is 16.8 Å². The van der Waals surface area contributed by atoms with E-state index in [0.29, 0.717) is 0 Å². The molecule has 0 radical (unpaired) electrons. The number of benzene rings is 1. The molecule has 0 spiro atoms. The third-order valence-corrected chi connectivity index (χ3v) is 3.55. The molecular weight excluding hydrogens is 188 g/mol. The van der Waals surface area contributed by atoms with Gasteiger partial charge in [-0.2, -0.15) is 0 Å². The zero-order chi connectivity index (χ0) is 10.7. The summed E-state index contributed by atoms with van der Waals surface area (Å²) in [4.78, 5) is 0. The van der Waals surface area contributed by atoms with Crippen LogP contribution >= 0.6 is 0 Å². The molecule has 0 bridgehead atoms. The lowest BCUT2D eigenvalue weighted by molar-refractivity contribution is -0.0661. The highest BCUT2D eigenvalue weighted by Crippen LogP contribution is 2.40. The molecule has 1 saturated carbocycles. The first-order chi connectivity index (χ1) is 7.27. The maximum Gasteiger partial charge on any atom is 0.115 e. The van der Waals surface area contributed by atoms with Crippen LogP contribution in [-0.2, 0) is 5.60 Å². The van der Waals surface area contributed by atoms with E-state index in [-0.39, 0.29) is 12.5 Å². The Bertz CT molecular complexity index is 304. The Labute approximate surface area is 90.6 Å². The largest absolute Gasteiger partial charge is 0.393 e. The second-order valence-corrected chi connectivity index (χ2v) is 4.43. The highest BCUT2D eigenvalue weighted by molar-refractivity contribution is 5.23. The topological polar surface area (TPSA) is 40.5 Å². The summed E-state index contributed by atoms with van der Waals surface area (Å²) in [7, 11) is 0. The first kappa shape index (κ1) is 10.7. The van der Waals surface area contributed by atoms with Gasteiger partial charge in [-0.25, -0.2) is 0 Å². The van der Waals surface area contributed by atoms with Crippen LogP contribution in [0.4, 0.5) is 0 Å².